The van der Waals surface area contributed by atoms with Gasteiger partial charge in [-0.05, 0) is 43.1 Å². The fourth-order valence-electron chi connectivity index (χ4n) is 2.19. The third kappa shape index (κ3) is 2.75. The SMILES string of the molecule is OC1CCCCC(Cc2csnn2)C1. The summed E-state index contributed by atoms with van der Waals surface area (Å²) in [7, 11) is 0. The Morgan fingerprint density at radius 1 is 1.43 bits per heavy atom. The summed E-state index contributed by atoms with van der Waals surface area (Å²) < 4.78 is 3.86. The molecule has 2 rings (SSSR count). The number of aliphatic hydroxyl groups excluding tert-OH is 1. The van der Waals surface area contributed by atoms with Crippen molar-refractivity contribution in [2.45, 2.75) is 44.6 Å². The average molecular weight is 212 g/mol. The van der Waals surface area contributed by atoms with Gasteiger partial charge in [0.15, 0.2) is 0 Å². The molecule has 2 atom stereocenters. The maximum absolute atomic E-state index is 9.65. The van der Waals surface area contributed by atoms with Gasteiger partial charge in [0.1, 0.15) is 0 Å². The van der Waals surface area contributed by atoms with Gasteiger partial charge < -0.3 is 5.11 Å². The zero-order valence-electron chi connectivity index (χ0n) is 8.22. The van der Waals surface area contributed by atoms with E-state index < -0.39 is 0 Å². The molecule has 1 aromatic rings. The van der Waals surface area contributed by atoms with Crippen LogP contribution in [0.2, 0.25) is 0 Å². The maximum atomic E-state index is 9.65. The van der Waals surface area contributed by atoms with Gasteiger partial charge in [0.05, 0.1) is 11.8 Å². The van der Waals surface area contributed by atoms with Crippen molar-refractivity contribution >= 4 is 11.5 Å². The molecule has 3 nitrogen and oxygen atoms in total. The van der Waals surface area contributed by atoms with Gasteiger partial charge >= 0.3 is 0 Å². The molecule has 1 N–H and O–H groups in total. The standard InChI is InChI=1S/C10H16N2OS/c13-10-4-2-1-3-8(6-10)5-9-7-14-12-11-9/h7-8,10,13H,1-6H2. The zero-order chi connectivity index (χ0) is 9.80. The van der Waals surface area contributed by atoms with Gasteiger partial charge in [0.2, 0.25) is 0 Å². The second kappa shape index (κ2) is 4.84. The third-order valence-electron chi connectivity index (χ3n) is 2.91. The molecule has 14 heavy (non-hydrogen) atoms. The van der Waals surface area contributed by atoms with E-state index in [1.54, 1.807) is 0 Å². The van der Waals surface area contributed by atoms with Crippen molar-refractivity contribution in [2.24, 2.45) is 5.92 Å². The van der Waals surface area contributed by atoms with Crippen LogP contribution in [0.1, 0.15) is 37.8 Å². The van der Waals surface area contributed by atoms with Gasteiger partial charge in [-0.25, -0.2) is 0 Å². The van der Waals surface area contributed by atoms with Gasteiger partial charge in [-0.2, -0.15) is 0 Å². The lowest BCUT2D eigenvalue weighted by molar-refractivity contribution is 0.141. The van der Waals surface area contributed by atoms with E-state index in [1.807, 2.05) is 5.38 Å². The summed E-state index contributed by atoms with van der Waals surface area (Å²) in [5.41, 5.74) is 1.09. The van der Waals surface area contributed by atoms with Gasteiger partial charge in [0.25, 0.3) is 0 Å². The quantitative estimate of drug-likeness (QED) is 0.763. The number of aromatic nitrogens is 2. The molecule has 1 heterocycles. The first-order valence-corrected chi connectivity index (χ1v) is 6.12. The lowest BCUT2D eigenvalue weighted by Crippen LogP contribution is -2.12. The lowest BCUT2D eigenvalue weighted by Gasteiger charge is -2.14. The minimum atomic E-state index is -0.0888. The number of aliphatic hydroxyl groups is 1. The smallest absolute Gasteiger partial charge is 0.0758 e. The Kier molecular flexibility index (Phi) is 3.48. The van der Waals surface area contributed by atoms with Crippen LogP contribution in [0.5, 0.6) is 0 Å². The molecule has 4 heteroatoms. The molecule has 0 spiro atoms. The Labute approximate surface area is 88.3 Å². The molecule has 0 amide bonds. The zero-order valence-corrected chi connectivity index (χ0v) is 9.04. The van der Waals surface area contributed by atoms with Crippen LogP contribution in [0.25, 0.3) is 0 Å². The summed E-state index contributed by atoms with van der Waals surface area (Å²) >= 11 is 1.41. The maximum Gasteiger partial charge on any atom is 0.0758 e. The second-order valence-electron chi connectivity index (χ2n) is 4.14. The highest BCUT2D eigenvalue weighted by molar-refractivity contribution is 7.03. The van der Waals surface area contributed by atoms with Crippen LogP contribution >= 0.6 is 11.5 Å². The molecule has 0 aliphatic heterocycles. The van der Waals surface area contributed by atoms with Crippen molar-refractivity contribution in [3.63, 3.8) is 0 Å². The predicted octanol–water partition coefficient (Wildman–Crippen LogP) is 2.02. The van der Waals surface area contributed by atoms with Gasteiger partial charge in [-0.3, -0.25) is 0 Å². The molecular formula is C10H16N2OS. The first-order chi connectivity index (χ1) is 6.84. The van der Waals surface area contributed by atoms with Gasteiger partial charge in [0, 0.05) is 5.38 Å². The van der Waals surface area contributed by atoms with Crippen molar-refractivity contribution in [3.8, 4) is 0 Å². The molecule has 0 saturated heterocycles. The van der Waals surface area contributed by atoms with E-state index in [9.17, 15) is 5.11 Å². The summed E-state index contributed by atoms with van der Waals surface area (Å²) in [6.45, 7) is 0. The number of hydrogen-bond acceptors (Lipinski definition) is 4. The van der Waals surface area contributed by atoms with Crippen molar-refractivity contribution < 1.29 is 5.11 Å². The van der Waals surface area contributed by atoms with Gasteiger partial charge in [-0.15, -0.1) is 5.10 Å². The summed E-state index contributed by atoms with van der Waals surface area (Å²) in [4.78, 5) is 0. The molecule has 2 unspecified atom stereocenters. The molecule has 0 radical (unpaired) electrons. The van der Waals surface area contributed by atoms with E-state index in [4.69, 9.17) is 0 Å². The topological polar surface area (TPSA) is 46.0 Å². The van der Waals surface area contributed by atoms with Crippen LogP contribution in [-0.2, 0) is 6.42 Å². The molecule has 1 aliphatic rings. The largest absolute Gasteiger partial charge is 0.393 e. The highest BCUT2D eigenvalue weighted by atomic mass is 32.1. The normalized spacial score (nSPS) is 28.6. The van der Waals surface area contributed by atoms with Crippen LogP contribution in [0, 0.1) is 5.92 Å². The second-order valence-corrected chi connectivity index (χ2v) is 4.75. The monoisotopic (exact) mass is 212 g/mol. The minimum Gasteiger partial charge on any atom is -0.393 e. The first-order valence-electron chi connectivity index (χ1n) is 5.28. The minimum absolute atomic E-state index is 0.0888. The number of rotatable bonds is 2. The summed E-state index contributed by atoms with van der Waals surface area (Å²) in [5, 5.41) is 15.7. The van der Waals surface area contributed by atoms with E-state index in [0.717, 1.165) is 25.0 Å². The van der Waals surface area contributed by atoms with Crippen molar-refractivity contribution in [1.82, 2.24) is 9.59 Å². The molecule has 1 aliphatic carbocycles. The lowest BCUT2D eigenvalue weighted by atomic mass is 9.94. The number of nitrogens with zero attached hydrogens (tertiary/aromatic N) is 2. The van der Waals surface area contributed by atoms with Gasteiger partial charge in [-0.1, -0.05) is 17.3 Å². The molecule has 1 aromatic heterocycles. The Bertz CT molecular complexity index is 263. The number of hydrogen-bond donors (Lipinski definition) is 1. The van der Waals surface area contributed by atoms with Crippen molar-refractivity contribution in [3.05, 3.63) is 11.1 Å². The van der Waals surface area contributed by atoms with Crippen LogP contribution in [-0.4, -0.2) is 20.8 Å². The van der Waals surface area contributed by atoms with E-state index in [1.165, 1.54) is 30.8 Å². The van der Waals surface area contributed by atoms with Crippen LogP contribution < -0.4 is 0 Å². The molecular weight excluding hydrogens is 196 g/mol. The Morgan fingerprint density at radius 3 is 3.07 bits per heavy atom. The van der Waals surface area contributed by atoms with Crippen molar-refractivity contribution in [2.75, 3.05) is 0 Å². The van der Waals surface area contributed by atoms with Crippen molar-refractivity contribution in [1.29, 1.82) is 0 Å². The van der Waals surface area contributed by atoms with Crippen LogP contribution in [0.4, 0.5) is 0 Å². The van der Waals surface area contributed by atoms with Crippen LogP contribution in [0.15, 0.2) is 5.38 Å². The summed E-state index contributed by atoms with van der Waals surface area (Å²) in [6, 6.07) is 0. The van der Waals surface area contributed by atoms with E-state index >= 15 is 0 Å². The Morgan fingerprint density at radius 2 is 2.29 bits per heavy atom. The molecule has 1 fully saturated rings. The Hall–Kier alpha value is -0.480. The Balaban J connectivity index is 1.90. The first kappa shape index (κ1) is 10.1. The van der Waals surface area contributed by atoms with E-state index in [2.05, 4.69) is 9.59 Å². The summed E-state index contributed by atoms with van der Waals surface area (Å²) in [5.74, 6) is 0.608. The molecule has 0 aromatic carbocycles. The molecule has 1 saturated carbocycles. The third-order valence-corrected chi connectivity index (χ3v) is 3.46. The highest BCUT2D eigenvalue weighted by Crippen LogP contribution is 2.25. The van der Waals surface area contributed by atoms with Crippen LogP contribution in [0.3, 0.4) is 0 Å². The fraction of sp³-hybridized carbons (Fsp3) is 0.800. The summed E-state index contributed by atoms with van der Waals surface area (Å²) in [6.07, 6.45) is 6.48. The molecule has 78 valence electrons. The van der Waals surface area contributed by atoms with E-state index in [-0.39, 0.29) is 6.10 Å². The average Bonchev–Trinajstić information content (AvgIpc) is 2.56. The molecule has 0 bridgehead atoms. The highest BCUT2D eigenvalue weighted by Gasteiger charge is 2.19. The fourth-order valence-corrected chi connectivity index (χ4v) is 2.65. The predicted molar refractivity (Wildman–Crippen MR) is 56.2 cm³/mol. The van der Waals surface area contributed by atoms with E-state index in [0.29, 0.717) is 5.92 Å².